The third-order valence-electron chi connectivity index (χ3n) is 3.49. The van der Waals surface area contributed by atoms with Crippen LogP contribution in [0.4, 0.5) is 0 Å². The molecule has 112 valence electrons. The van der Waals surface area contributed by atoms with Crippen molar-refractivity contribution in [1.29, 1.82) is 0 Å². The lowest BCUT2D eigenvalue weighted by atomic mass is 9.90. The molecule has 1 atom stereocenters. The summed E-state index contributed by atoms with van der Waals surface area (Å²) in [5.74, 6) is 1.58. The molecule has 0 saturated carbocycles. The minimum atomic E-state index is -0.424. The summed E-state index contributed by atoms with van der Waals surface area (Å²) >= 11 is 0. The van der Waals surface area contributed by atoms with Crippen molar-refractivity contribution in [3.05, 3.63) is 0 Å². The highest BCUT2D eigenvalue weighted by Gasteiger charge is 2.19. The Balaban J connectivity index is 0. The van der Waals surface area contributed by atoms with Crippen LogP contribution < -0.4 is 0 Å². The summed E-state index contributed by atoms with van der Waals surface area (Å²) in [4.78, 5) is 0. The van der Waals surface area contributed by atoms with Gasteiger partial charge in [-0.05, 0) is 31.6 Å². The van der Waals surface area contributed by atoms with Gasteiger partial charge in [0.25, 0.3) is 0 Å². The summed E-state index contributed by atoms with van der Waals surface area (Å²) in [7, 11) is 0. The van der Waals surface area contributed by atoms with Crippen molar-refractivity contribution in [1.82, 2.24) is 0 Å². The Hall–Kier alpha value is -0.0400. The number of hydrogen-bond donors (Lipinski definition) is 1. The van der Waals surface area contributed by atoms with E-state index in [0.29, 0.717) is 0 Å². The maximum Gasteiger partial charge on any atom is 0.0619 e. The zero-order valence-corrected chi connectivity index (χ0v) is 12.8. The van der Waals surface area contributed by atoms with Crippen LogP contribution in [-0.4, -0.2) is 10.7 Å². The fourth-order valence-corrected chi connectivity index (χ4v) is 2.25. The second-order valence-electron chi connectivity index (χ2n) is 6.78. The van der Waals surface area contributed by atoms with Crippen molar-refractivity contribution >= 4 is 0 Å². The number of aliphatic hydroxyl groups is 1. The maximum absolute atomic E-state index is 10.2. The van der Waals surface area contributed by atoms with Crippen LogP contribution >= 0.6 is 0 Å². The molecule has 0 amide bonds. The lowest BCUT2D eigenvalue weighted by Crippen LogP contribution is -2.23. The van der Waals surface area contributed by atoms with Crippen molar-refractivity contribution < 1.29 is 5.11 Å². The van der Waals surface area contributed by atoms with Crippen LogP contribution in [0.25, 0.3) is 0 Å². The standard InChI is InChI=1S/C16H34O.CH4/c1-14(2)10-7-6-8-12-16(5,17)13-9-11-15(3)4;/h14-15,17H,6-13H2,1-5H3;1H4. The highest BCUT2D eigenvalue weighted by atomic mass is 16.3. The lowest BCUT2D eigenvalue weighted by Gasteiger charge is -2.23. The maximum atomic E-state index is 10.2. The average molecular weight is 258 g/mol. The summed E-state index contributed by atoms with van der Waals surface area (Å²) in [6, 6.07) is 0. The molecule has 0 spiro atoms. The Morgan fingerprint density at radius 3 is 1.72 bits per heavy atom. The Labute approximate surface area is 116 Å². The van der Waals surface area contributed by atoms with Crippen LogP contribution in [0.5, 0.6) is 0 Å². The zero-order chi connectivity index (χ0) is 13.3. The average Bonchev–Trinajstić information content (AvgIpc) is 2.15. The molecule has 0 fully saturated rings. The summed E-state index contributed by atoms with van der Waals surface area (Å²) in [5.41, 5.74) is -0.424. The van der Waals surface area contributed by atoms with Gasteiger partial charge in [0.05, 0.1) is 5.60 Å². The van der Waals surface area contributed by atoms with Crippen LogP contribution in [0.1, 0.15) is 93.4 Å². The molecule has 0 radical (unpaired) electrons. The largest absolute Gasteiger partial charge is 0.390 e. The summed E-state index contributed by atoms with van der Waals surface area (Å²) in [6.45, 7) is 11.1. The molecule has 0 aromatic rings. The van der Waals surface area contributed by atoms with Gasteiger partial charge in [-0.2, -0.15) is 0 Å². The quantitative estimate of drug-likeness (QED) is 0.490. The summed E-state index contributed by atoms with van der Waals surface area (Å²) in [5, 5.41) is 10.2. The first kappa shape index (κ1) is 20.3. The predicted molar refractivity (Wildman–Crippen MR) is 84.0 cm³/mol. The molecule has 0 bridgehead atoms. The molecule has 1 nitrogen and oxygen atoms in total. The first-order chi connectivity index (χ1) is 7.83. The highest BCUT2D eigenvalue weighted by Crippen LogP contribution is 2.23. The second-order valence-corrected chi connectivity index (χ2v) is 6.78. The smallest absolute Gasteiger partial charge is 0.0619 e. The van der Waals surface area contributed by atoms with E-state index in [0.717, 1.165) is 31.1 Å². The molecular weight excluding hydrogens is 220 g/mol. The van der Waals surface area contributed by atoms with Gasteiger partial charge >= 0.3 is 0 Å². The molecular formula is C17H38O. The van der Waals surface area contributed by atoms with E-state index < -0.39 is 5.60 Å². The molecule has 0 heterocycles. The van der Waals surface area contributed by atoms with E-state index in [1.165, 1.54) is 32.1 Å². The fourth-order valence-electron chi connectivity index (χ4n) is 2.25. The van der Waals surface area contributed by atoms with Gasteiger partial charge in [-0.15, -0.1) is 0 Å². The minimum Gasteiger partial charge on any atom is -0.390 e. The molecule has 1 N–H and O–H groups in total. The molecule has 0 aliphatic carbocycles. The predicted octanol–water partition coefficient (Wildman–Crippen LogP) is 5.81. The van der Waals surface area contributed by atoms with E-state index in [2.05, 4.69) is 27.7 Å². The van der Waals surface area contributed by atoms with Gasteiger partial charge in [0.2, 0.25) is 0 Å². The molecule has 0 aliphatic heterocycles. The third kappa shape index (κ3) is 14.0. The van der Waals surface area contributed by atoms with Gasteiger partial charge in [-0.3, -0.25) is 0 Å². The zero-order valence-electron chi connectivity index (χ0n) is 12.8. The van der Waals surface area contributed by atoms with Gasteiger partial charge < -0.3 is 5.11 Å². The highest BCUT2D eigenvalue weighted by molar-refractivity contribution is 4.72. The van der Waals surface area contributed by atoms with Crippen molar-refractivity contribution in [3.63, 3.8) is 0 Å². The van der Waals surface area contributed by atoms with E-state index >= 15 is 0 Å². The Kier molecular flexibility index (Phi) is 12.2. The molecule has 0 rings (SSSR count). The monoisotopic (exact) mass is 258 g/mol. The van der Waals surface area contributed by atoms with Crippen LogP contribution in [0.2, 0.25) is 0 Å². The van der Waals surface area contributed by atoms with Crippen LogP contribution in [0, 0.1) is 11.8 Å². The second kappa shape index (κ2) is 10.8. The van der Waals surface area contributed by atoms with E-state index in [9.17, 15) is 5.11 Å². The molecule has 0 aromatic carbocycles. The molecule has 1 heteroatoms. The minimum absolute atomic E-state index is 0. The SMILES string of the molecule is C.CC(C)CCCCCC(C)(O)CCCC(C)C. The van der Waals surface area contributed by atoms with E-state index in [4.69, 9.17) is 0 Å². The summed E-state index contributed by atoms with van der Waals surface area (Å²) in [6.07, 6.45) is 9.45. The molecule has 0 aliphatic rings. The fraction of sp³-hybridized carbons (Fsp3) is 1.00. The molecule has 0 saturated heterocycles. The Bertz CT molecular complexity index is 170. The molecule has 1 unspecified atom stereocenters. The topological polar surface area (TPSA) is 20.2 Å². The Morgan fingerprint density at radius 2 is 1.22 bits per heavy atom. The normalized spacial score (nSPS) is 14.7. The van der Waals surface area contributed by atoms with Crippen LogP contribution in [-0.2, 0) is 0 Å². The van der Waals surface area contributed by atoms with Crippen LogP contribution in [0.3, 0.4) is 0 Å². The van der Waals surface area contributed by atoms with Gasteiger partial charge in [0.1, 0.15) is 0 Å². The first-order valence-electron chi connectivity index (χ1n) is 7.56. The van der Waals surface area contributed by atoms with Gasteiger partial charge in [-0.25, -0.2) is 0 Å². The number of rotatable bonds is 10. The molecule has 18 heavy (non-hydrogen) atoms. The van der Waals surface area contributed by atoms with Crippen molar-refractivity contribution in [3.8, 4) is 0 Å². The molecule has 0 aromatic heterocycles. The van der Waals surface area contributed by atoms with E-state index in [1.54, 1.807) is 0 Å². The van der Waals surface area contributed by atoms with Crippen LogP contribution in [0.15, 0.2) is 0 Å². The van der Waals surface area contributed by atoms with Crippen molar-refractivity contribution in [2.75, 3.05) is 0 Å². The summed E-state index contributed by atoms with van der Waals surface area (Å²) < 4.78 is 0. The van der Waals surface area contributed by atoms with E-state index in [1.807, 2.05) is 6.92 Å². The van der Waals surface area contributed by atoms with Gasteiger partial charge in [0.15, 0.2) is 0 Å². The third-order valence-corrected chi connectivity index (χ3v) is 3.49. The lowest BCUT2D eigenvalue weighted by molar-refractivity contribution is 0.0359. The van der Waals surface area contributed by atoms with Gasteiger partial charge in [0, 0.05) is 0 Å². The first-order valence-corrected chi connectivity index (χ1v) is 7.56. The van der Waals surface area contributed by atoms with Crippen molar-refractivity contribution in [2.45, 2.75) is 99.0 Å². The van der Waals surface area contributed by atoms with Crippen molar-refractivity contribution in [2.24, 2.45) is 11.8 Å². The Morgan fingerprint density at radius 1 is 0.778 bits per heavy atom. The number of hydrogen-bond acceptors (Lipinski definition) is 1. The van der Waals surface area contributed by atoms with Gasteiger partial charge in [-0.1, -0.05) is 73.6 Å². The van der Waals surface area contributed by atoms with E-state index in [-0.39, 0.29) is 7.43 Å². The number of unbranched alkanes of at least 4 members (excludes halogenated alkanes) is 2.